The maximum atomic E-state index is 8.90. The van der Waals surface area contributed by atoms with E-state index in [1.165, 1.54) is 37.8 Å². The zero-order chi connectivity index (χ0) is 12.4. The van der Waals surface area contributed by atoms with E-state index in [2.05, 4.69) is 17.5 Å². The van der Waals surface area contributed by atoms with Crippen LogP contribution in [-0.2, 0) is 6.42 Å². The molecule has 3 atom stereocenters. The first kappa shape index (κ1) is 11.7. The van der Waals surface area contributed by atoms with Crippen LogP contribution in [-0.4, -0.2) is 12.6 Å². The van der Waals surface area contributed by atoms with Crippen molar-refractivity contribution in [2.75, 3.05) is 6.54 Å². The Balaban J connectivity index is 1.59. The first-order chi connectivity index (χ1) is 8.86. The quantitative estimate of drug-likeness (QED) is 0.881. The third-order valence-electron chi connectivity index (χ3n) is 4.68. The van der Waals surface area contributed by atoms with Crippen molar-refractivity contribution in [3.8, 4) is 6.07 Å². The molecule has 0 bridgehead atoms. The smallest absolute Gasteiger partial charge is 0.0991 e. The van der Waals surface area contributed by atoms with Crippen LogP contribution in [0.2, 0.25) is 0 Å². The summed E-state index contributed by atoms with van der Waals surface area (Å²) in [6.45, 7) is 1.23. The molecule has 2 heteroatoms. The highest BCUT2D eigenvalue weighted by molar-refractivity contribution is 5.32. The molecule has 0 spiro atoms. The number of fused-ring (bicyclic) bond motifs is 1. The van der Waals surface area contributed by atoms with E-state index in [1.807, 2.05) is 18.2 Å². The summed E-state index contributed by atoms with van der Waals surface area (Å²) in [5, 5.41) is 12.6. The molecule has 2 fully saturated rings. The molecule has 3 rings (SSSR count). The third kappa shape index (κ3) is 2.28. The van der Waals surface area contributed by atoms with Gasteiger partial charge in [0.25, 0.3) is 0 Å². The molecule has 94 valence electrons. The van der Waals surface area contributed by atoms with Crippen LogP contribution in [0.15, 0.2) is 24.3 Å². The minimum atomic E-state index is 0.711. The SMILES string of the molecule is N#Cc1cccc(CCC2NCC3CCCC32)c1. The lowest BCUT2D eigenvalue weighted by Crippen LogP contribution is -2.27. The predicted octanol–water partition coefficient (Wildman–Crippen LogP) is 2.88. The lowest BCUT2D eigenvalue weighted by molar-refractivity contribution is 0.393. The van der Waals surface area contributed by atoms with E-state index in [-0.39, 0.29) is 0 Å². The Morgan fingerprint density at radius 3 is 3.17 bits per heavy atom. The van der Waals surface area contributed by atoms with Crippen LogP contribution in [0.1, 0.15) is 36.8 Å². The van der Waals surface area contributed by atoms with Gasteiger partial charge >= 0.3 is 0 Å². The minimum Gasteiger partial charge on any atom is -0.313 e. The van der Waals surface area contributed by atoms with Gasteiger partial charge in [0.2, 0.25) is 0 Å². The van der Waals surface area contributed by atoms with Crippen molar-refractivity contribution in [3.63, 3.8) is 0 Å². The summed E-state index contributed by atoms with van der Waals surface area (Å²) in [5.41, 5.74) is 2.09. The molecule has 18 heavy (non-hydrogen) atoms. The average molecular weight is 240 g/mol. The Labute approximate surface area is 109 Å². The largest absolute Gasteiger partial charge is 0.313 e. The predicted molar refractivity (Wildman–Crippen MR) is 72.1 cm³/mol. The van der Waals surface area contributed by atoms with E-state index >= 15 is 0 Å². The molecular formula is C16H20N2. The summed E-state index contributed by atoms with van der Waals surface area (Å²) < 4.78 is 0. The van der Waals surface area contributed by atoms with Gasteiger partial charge in [0.05, 0.1) is 11.6 Å². The number of rotatable bonds is 3. The average Bonchev–Trinajstić information content (AvgIpc) is 3.00. The molecule has 0 radical (unpaired) electrons. The molecule has 1 saturated carbocycles. The summed E-state index contributed by atoms with van der Waals surface area (Å²) >= 11 is 0. The van der Waals surface area contributed by atoms with Gasteiger partial charge in [-0.3, -0.25) is 0 Å². The summed E-state index contributed by atoms with van der Waals surface area (Å²) in [6.07, 6.45) is 6.59. The molecule has 1 heterocycles. The molecule has 1 N–H and O–H groups in total. The van der Waals surface area contributed by atoms with Crippen LogP contribution in [0, 0.1) is 23.2 Å². The number of nitrogens with zero attached hydrogens (tertiary/aromatic N) is 1. The third-order valence-corrected chi connectivity index (χ3v) is 4.68. The highest BCUT2D eigenvalue weighted by atomic mass is 15.0. The second kappa shape index (κ2) is 5.12. The van der Waals surface area contributed by atoms with Crippen LogP contribution < -0.4 is 5.32 Å². The van der Waals surface area contributed by atoms with Crippen molar-refractivity contribution in [2.24, 2.45) is 11.8 Å². The molecule has 0 aromatic heterocycles. The van der Waals surface area contributed by atoms with Gasteiger partial charge in [-0.2, -0.15) is 5.26 Å². The van der Waals surface area contributed by atoms with Gasteiger partial charge in [-0.15, -0.1) is 0 Å². The molecule has 2 nitrogen and oxygen atoms in total. The number of nitriles is 1. The highest BCUT2D eigenvalue weighted by Crippen LogP contribution is 2.38. The van der Waals surface area contributed by atoms with Gasteiger partial charge in [0.1, 0.15) is 0 Å². The monoisotopic (exact) mass is 240 g/mol. The molecular weight excluding hydrogens is 220 g/mol. The second-order valence-corrected chi connectivity index (χ2v) is 5.72. The van der Waals surface area contributed by atoms with E-state index in [0.29, 0.717) is 6.04 Å². The Kier molecular flexibility index (Phi) is 3.34. The zero-order valence-corrected chi connectivity index (χ0v) is 10.7. The van der Waals surface area contributed by atoms with Gasteiger partial charge in [0, 0.05) is 6.04 Å². The Morgan fingerprint density at radius 1 is 1.33 bits per heavy atom. The van der Waals surface area contributed by atoms with Crippen molar-refractivity contribution in [1.82, 2.24) is 5.32 Å². The molecule has 1 saturated heterocycles. The minimum absolute atomic E-state index is 0.711. The van der Waals surface area contributed by atoms with Crippen molar-refractivity contribution >= 4 is 0 Å². The highest BCUT2D eigenvalue weighted by Gasteiger charge is 2.38. The lowest BCUT2D eigenvalue weighted by Gasteiger charge is -2.18. The molecule has 2 aliphatic rings. The van der Waals surface area contributed by atoms with Crippen LogP contribution in [0.25, 0.3) is 0 Å². The molecule has 1 aliphatic carbocycles. The van der Waals surface area contributed by atoms with Crippen molar-refractivity contribution in [2.45, 2.75) is 38.1 Å². The summed E-state index contributed by atoms with van der Waals surface area (Å²) in [5.74, 6) is 1.87. The van der Waals surface area contributed by atoms with Crippen LogP contribution in [0.5, 0.6) is 0 Å². The fraction of sp³-hybridized carbons (Fsp3) is 0.562. The maximum Gasteiger partial charge on any atom is 0.0991 e. The summed E-state index contributed by atoms with van der Waals surface area (Å²) in [6, 6.07) is 11.0. The fourth-order valence-corrected chi connectivity index (χ4v) is 3.74. The van der Waals surface area contributed by atoms with Gasteiger partial charge in [0.15, 0.2) is 0 Å². The molecule has 1 aromatic rings. The standard InChI is InChI=1S/C16H20N2/c17-10-13-4-1-3-12(9-13)7-8-16-15-6-2-5-14(15)11-18-16/h1,3-4,9,14-16,18H,2,5-8,11H2. The molecule has 1 aromatic carbocycles. The number of hydrogen-bond acceptors (Lipinski definition) is 2. The van der Waals surface area contributed by atoms with E-state index in [4.69, 9.17) is 5.26 Å². The number of benzene rings is 1. The number of hydrogen-bond donors (Lipinski definition) is 1. The maximum absolute atomic E-state index is 8.90. The topological polar surface area (TPSA) is 35.8 Å². The van der Waals surface area contributed by atoms with Crippen molar-refractivity contribution in [3.05, 3.63) is 35.4 Å². The summed E-state index contributed by atoms with van der Waals surface area (Å²) in [7, 11) is 0. The van der Waals surface area contributed by atoms with Gasteiger partial charge in [-0.1, -0.05) is 18.6 Å². The van der Waals surface area contributed by atoms with E-state index in [9.17, 15) is 0 Å². The van der Waals surface area contributed by atoms with Crippen molar-refractivity contribution in [1.29, 1.82) is 5.26 Å². The van der Waals surface area contributed by atoms with Gasteiger partial charge in [-0.05, 0) is 61.8 Å². The first-order valence-corrected chi connectivity index (χ1v) is 7.09. The first-order valence-electron chi connectivity index (χ1n) is 7.09. The van der Waals surface area contributed by atoms with E-state index < -0.39 is 0 Å². The Bertz CT molecular complexity index is 460. The summed E-state index contributed by atoms with van der Waals surface area (Å²) in [4.78, 5) is 0. The van der Waals surface area contributed by atoms with Gasteiger partial charge < -0.3 is 5.32 Å². The normalized spacial score (nSPS) is 30.1. The molecule has 3 unspecified atom stereocenters. The molecule has 0 amide bonds. The van der Waals surface area contributed by atoms with Crippen molar-refractivity contribution < 1.29 is 0 Å². The Morgan fingerprint density at radius 2 is 2.28 bits per heavy atom. The lowest BCUT2D eigenvalue weighted by atomic mass is 9.90. The van der Waals surface area contributed by atoms with Crippen LogP contribution in [0.4, 0.5) is 0 Å². The number of aryl methyl sites for hydroxylation is 1. The zero-order valence-electron chi connectivity index (χ0n) is 10.7. The van der Waals surface area contributed by atoms with E-state index in [0.717, 1.165) is 23.8 Å². The van der Waals surface area contributed by atoms with E-state index in [1.54, 1.807) is 0 Å². The van der Waals surface area contributed by atoms with Crippen LogP contribution >= 0.6 is 0 Å². The number of nitrogens with one attached hydrogen (secondary N) is 1. The Hall–Kier alpha value is -1.33. The van der Waals surface area contributed by atoms with Gasteiger partial charge in [-0.25, -0.2) is 0 Å². The second-order valence-electron chi connectivity index (χ2n) is 5.72. The molecule has 1 aliphatic heterocycles. The van der Waals surface area contributed by atoms with Crippen LogP contribution in [0.3, 0.4) is 0 Å². The fourth-order valence-electron chi connectivity index (χ4n) is 3.74.